The third kappa shape index (κ3) is 4.05. The van der Waals surface area contributed by atoms with Gasteiger partial charge >= 0.3 is 0 Å². The molecular weight excluding hydrogens is 320 g/mol. The van der Waals surface area contributed by atoms with Crippen LogP contribution in [0.5, 0.6) is 0 Å². The number of sulfonamides is 1. The number of halogens is 1. The number of hydrogen-bond donors (Lipinski definition) is 2. The zero-order chi connectivity index (χ0) is 14.8. The maximum absolute atomic E-state index is 12.0. The lowest BCUT2D eigenvalue weighted by Crippen LogP contribution is -2.25. The van der Waals surface area contributed by atoms with Crippen LogP contribution in [0.25, 0.3) is 0 Å². The topological polar surface area (TPSA) is 81.4 Å². The minimum absolute atomic E-state index is 0.0691. The van der Waals surface area contributed by atoms with Gasteiger partial charge in [-0.15, -0.1) is 0 Å². The van der Waals surface area contributed by atoms with Gasteiger partial charge in [0.1, 0.15) is 4.99 Å². The Balaban J connectivity index is 2.10. The fourth-order valence-corrected chi connectivity index (χ4v) is 3.74. The smallest absolute Gasteiger partial charge is 0.235 e. The lowest BCUT2D eigenvalue weighted by molar-refractivity contribution is 0.127. The summed E-state index contributed by atoms with van der Waals surface area (Å²) in [6.07, 6.45) is 1.40. The summed E-state index contributed by atoms with van der Waals surface area (Å²) in [5.74, 6) is -0.0691. The minimum atomic E-state index is -3.50. The van der Waals surface area contributed by atoms with Crippen molar-refractivity contribution in [3.63, 3.8) is 0 Å². The van der Waals surface area contributed by atoms with Gasteiger partial charge in [-0.3, -0.25) is 4.72 Å². The van der Waals surface area contributed by atoms with Crippen LogP contribution in [0.15, 0.2) is 18.2 Å². The minimum Gasteiger partial charge on any atom is -0.389 e. The molecule has 0 bridgehead atoms. The van der Waals surface area contributed by atoms with Crippen LogP contribution in [0.4, 0.5) is 5.69 Å². The number of benzene rings is 1. The van der Waals surface area contributed by atoms with Gasteiger partial charge in [-0.1, -0.05) is 23.8 Å². The molecule has 2 rings (SSSR count). The van der Waals surface area contributed by atoms with Gasteiger partial charge in [0, 0.05) is 12.2 Å². The van der Waals surface area contributed by atoms with Crippen LogP contribution in [0.3, 0.4) is 0 Å². The molecule has 0 aliphatic carbocycles. The molecular formula is C12H15ClN2O3S2. The molecule has 0 radical (unpaired) electrons. The van der Waals surface area contributed by atoms with E-state index in [9.17, 15) is 8.42 Å². The molecule has 1 unspecified atom stereocenters. The second kappa shape index (κ2) is 6.26. The third-order valence-electron chi connectivity index (χ3n) is 2.95. The summed E-state index contributed by atoms with van der Waals surface area (Å²) in [4.78, 5) is 0.209. The summed E-state index contributed by atoms with van der Waals surface area (Å²) in [7, 11) is -3.50. The Hall–Kier alpha value is -0.890. The summed E-state index contributed by atoms with van der Waals surface area (Å²) in [6, 6.07) is 4.70. The highest BCUT2D eigenvalue weighted by Crippen LogP contribution is 2.25. The maximum atomic E-state index is 12.0. The van der Waals surface area contributed by atoms with Crippen LogP contribution < -0.4 is 10.5 Å². The van der Waals surface area contributed by atoms with Crippen LogP contribution in [0.2, 0.25) is 5.02 Å². The molecule has 0 spiro atoms. The van der Waals surface area contributed by atoms with Crippen LogP contribution in [-0.4, -0.2) is 31.9 Å². The molecule has 20 heavy (non-hydrogen) atoms. The average molecular weight is 335 g/mol. The average Bonchev–Trinajstić information content (AvgIpc) is 2.83. The van der Waals surface area contributed by atoms with Crippen LogP contribution in [0.1, 0.15) is 18.4 Å². The van der Waals surface area contributed by atoms with Gasteiger partial charge in [0.15, 0.2) is 0 Å². The quantitative estimate of drug-likeness (QED) is 0.804. The first-order valence-electron chi connectivity index (χ1n) is 6.09. The first-order valence-corrected chi connectivity index (χ1v) is 8.53. The molecule has 3 N–H and O–H groups in total. The molecule has 1 atom stereocenters. The maximum Gasteiger partial charge on any atom is 0.235 e. The summed E-state index contributed by atoms with van der Waals surface area (Å²) in [5.41, 5.74) is 6.39. The standard InChI is InChI=1S/C12H15ClN2O3S2/c13-10-6-8(12(14)19)3-4-11(10)15-20(16,17)7-9-2-1-5-18-9/h3-4,6,9,15H,1-2,5,7H2,(H2,14,19). The molecule has 1 aliphatic heterocycles. The Kier molecular flexibility index (Phi) is 4.85. The monoisotopic (exact) mass is 334 g/mol. The first kappa shape index (κ1) is 15.5. The number of nitrogens with one attached hydrogen (secondary N) is 1. The van der Waals surface area contributed by atoms with E-state index in [1.54, 1.807) is 12.1 Å². The number of anilines is 1. The second-order valence-corrected chi connectivity index (χ2v) is 7.19. The molecule has 1 heterocycles. The molecule has 5 nitrogen and oxygen atoms in total. The van der Waals surface area contributed by atoms with E-state index in [1.807, 2.05) is 0 Å². The van der Waals surface area contributed by atoms with Crippen molar-refractivity contribution in [2.75, 3.05) is 17.1 Å². The van der Waals surface area contributed by atoms with Gasteiger partial charge in [-0.25, -0.2) is 8.42 Å². The lowest BCUT2D eigenvalue weighted by Gasteiger charge is -2.13. The van der Waals surface area contributed by atoms with Gasteiger partial charge in [-0.2, -0.15) is 0 Å². The Morgan fingerprint density at radius 3 is 2.85 bits per heavy atom. The van der Waals surface area contributed by atoms with E-state index < -0.39 is 10.0 Å². The van der Waals surface area contributed by atoms with Crippen molar-refractivity contribution >= 4 is 44.5 Å². The highest BCUT2D eigenvalue weighted by molar-refractivity contribution is 7.92. The van der Waals surface area contributed by atoms with E-state index in [-0.39, 0.29) is 21.9 Å². The fourth-order valence-electron chi connectivity index (χ4n) is 1.98. The van der Waals surface area contributed by atoms with Gasteiger partial charge in [0.25, 0.3) is 0 Å². The third-order valence-corrected chi connectivity index (χ3v) is 4.84. The summed E-state index contributed by atoms with van der Waals surface area (Å²) in [6.45, 7) is 0.615. The fraction of sp³-hybridized carbons (Fsp3) is 0.417. The summed E-state index contributed by atoms with van der Waals surface area (Å²) >= 11 is 10.9. The SMILES string of the molecule is NC(=S)c1ccc(NS(=O)(=O)CC2CCCO2)c(Cl)c1. The number of ether oxygens (including phenoxy) is 1. The molecule has 1 fully saturated rings. The van der Waals surface area contributed by atoms with E-state index in [0.29, 0.717) is 17.9 Å². The van der Waals surface area contributed by atoms with Crippen molar-refractivity contribution in [2.24, 2.45) is 5.73 Å². The van der Waals surface area contributed by atoms with Crippen molar-refractivity contribution in [1.82, 2.24) is 0 Å². The van der Waals surface area contributed by atoms with Crippen molar-refractivity contribution < 1.29 is 13.2 Å². The largest absolute Gasteiger partial charge is 0.389 e. The van der Waals surface area contributed by atoms with E-state index >= 15 is 0 Å². The number of hydrogen-bond acceptors (Lipinski definition) is 4. The van der Waals surface area contributed by atoms with Crippen molar-refractivity contribution in [3.05, 3.63) is 28.8 Å². The van der Waals surface area contributed by atoms with E-state index in [4.69, 9.17) is 34.3 Å². The molecule has 1 aromatic carbocycles. The molecule has 1 aliphatic rings. The molecule has 0 saturated carbocycles. The Labute approximate surface area is 128 Å². The number of rotatable bonds is 5. The zero-order valence-electron chi connectivity index (χ0n) is 10.6. The highest BCUT2D eigenvalue weighted by Gasteiger charge is 2.23. The predicted octanol–water partition coefficient (Wildman–Crippen LogP) is 1.89. The van der Waals surface area contributed by atoms with E-state index in [2.05, 4.69) is 4.72 Å². The van der Waals surface area contributed by atoms with E-state index in [0.717, 1.165) is 12.8 Å². The van der Waals surface area contributed by atoms with Crippen LogP contribution in [0, 0.1) is 0 Å². The summed E-state index contributed by atoms with van der Waals surface area (Å²) < 4.78 is 31.8. The predicted molar refractivity (Wildman–Crippen MR) is 83.7 cm³/mol. The number of nitrogens with two attached hydrogens (primary N) is 1. The number of thiocarbonyl (C=S) groups is 1. The Morgan fingerprint density at radius 1 is 1.55 bits per heavy atom. The van der Waals surface area contributed by atoms with Gasteiger partial charge in [0.05, 0.1) is 22.6 Å². The van der Waals surface area contributed by atoms with Crippen molar-refractivity contribution in [1.29, 1.82) is 0 Å². The molecule has 1 saturated heterocycles. The second-order valence-electron chi connectivity index (χ2n) is 4.58. The molecule has 0 aromatic heterocycles. The molecule has 1 aromatic rings. The van der Waals surface area contributed by atoms with Gasteiger partial charge < -0.3 is 10.5 Å². The normalized spacial score (nSPS) is 18.9. The lowest BCUT2D eigenvalue weighted by atomic mass is 10.2. The zero-order valence-corrected chi connectivity index (χ0v) is 13.0. The first-order chi connectivity index (χ1) is 9.37. The van der Waals surface area contributed by atoms with Gasteiger partial charge in [0.2, 0.25) is 10.0 Å². The Bertz CT molecular complexity index is 613. The van der Waals surface area contributed by atoms with Crippen molar-refractivity contribution in [2.45, 2.75) is 18.9 Å². The van der Waals surface area contributed by atoms with Crippen molar-refractivity contribution in [3.8, 4) is 0 Å². The molecule has 110 valence electrons. The Morgan fingerprint density at radius 2 is 2.30 bits per heavy atom. The van der Waals surface area contributed by atoms with E-state index in [1.165, 1.54) is 6.07 Å². The highest BCUT2D eigenvalue weighted by atomic mass is 35.5. The molecule has 8 heteroatoms. The van der Waals surface area contributed by atoms with Crippen LogP contribution >= 0.6 is 23.8 Å². The molecule has 0 amide bonds. The van der Waals surface area contributed by atoms with Gasteiger partial charge in [-0.05, 0) is 31.0 Å². The van der Waals surface area contributed by atoms with Crippen LogP contribution in [-0.2, 0) is 14.8 Å². The summed E-state index contributed by atoms with van der Waals surface area (Å²) in [5, 5.41) is 0.256.